The lowest BCUT2D eigenvalue weighted by atomic mass is 10.1. The number of nitrogens with zero attached hydrogens (tertiary/aromatic N) is 2. The molecule has 2 aromatic rings. The predicted molar refractivity (Wildman–Crippen MR) is 95.6 cm³/mol. The third-order valence-corrected chi connectivity index (χ3v) is 4.49. The Morgan fingerprint density at radius 2 is 2.04 bits per heavy atom. The van der Waals surface area contributed by atoms with Crippen LogP contribution < -0.4 is 10.2 Å². The lowest BCUT2D eigenvalue weighted by molar-refractivity contribution is 0.122. The Balaban J connectivity index is 1.83. The van der Waals surface area contributed by atoms with Gasteiger partial charge in [0.05, 0.1) is 18.9 Å². The van der Waals surface area contributed by atoms with Crippen molar-refractivity contribution in [2.45, 2.75) is 6.54 Å². The van der Waals surface area contributed by atoms with Crippen molar-refractivity contribution in [3.8, 4) is 6.07 Å². The molecule has 3 rings (SSSR count). The van der Waals surface area contributed by atoms with Crippen molar-refractivity contribution in [1.82, 2.24) is 0 Å². The molecule has 6 heteroatoms. The van der Waals surface area contributed by atoms with Gasteiger partial charge in [0.25, 0.3) is 0 Å². The number of morpholine rings is 1. The molecular weight excluding hydrogens is 373 g/mol. The molecule has 0 radical (unpaired) electrons. The average molecular weight is 390 g/mol. The summed E-state index contributed by atoms with van der Waals surface area (Å²) in [6.45, 7) is 3.61. The van der Waals surface area contributed by atoms with Gasteiger partial charge in [0.15, 0.2) is 0 Å². The smallest absolute Gasteiger partial charge is 0.143 e. The van der Waals surface area contributed by atoms with Gasteiger partial charge >= 0.3 is 0 Å². The number of anilines is 2. The second kappa shape index (κ2) is 7.65. The van der Waals surface area contributed by atoms with Crippen molar-refractivity contribution in [2.24, 2.45) is 0 Å². The molecule has 124 valence electrons. The average Bonchev–Trinajstić information content (AvgIpc) is 2.61. The molecule has 1 fully saturated rings. The molecule has 1 aliphatic rings. The summed E-state index contributed by atoms with van der Waals surface area (Å²) in [6, 6.07) is 12.6. The number of nitriles is 1. The summed E-state index contributed by atoms with van der Waals surface area (Å²) in [5.41, 5.74) is 2.76. The second-order valence-electron chi connectivity index (χ2n) is 5.50. The molecule has 2 aromatic carbocycles. The van der Waals surface area contributed by atoms with E-state index in [2.05, 4.69) is 32.2 Å². The number of benzene rings is 2. The minimum Gasteiger partial charge on any atom is -0.380 e. The van der Waals surface area contributed by atoms with E-state index in [0.717, 1.165) is 28.8 Å². The second-order valence-corrected chi connectivity index (χ2v) is 6.42. The first kappa shape index (κ1) is 16.7. The van der Waals surface area contributed by atoms with Crippen LogP contribution in [0.25, 0.3) is 0 Å². The van der Waals surface area contributed by atoms with Gasteiger partial charge < -0.3 is 15.0 Å². The van der Waals surface area contributed by atoms with E-state index in [4.69, 9.17) is 10.00 Å². The van der Waals surface area contributed by atoms with Gasteiger partial charge in [-0.15, -0.1) is 0 Å². The maximum absolute atomic E-state index is 13.7. The van der Waals surface area contributed by atoms with Crippen molar-refractivity contribution in [3.05, 3.63) is 57.8 Å². The van der Waals surface area contributed by atoms with E-state index in [1.807, 2.05) is 18.2 Å². The summed E-state index contributed by atoms with van der Waals surface area (Å²) in [5.74, 6) is -0.508. The fourth-order valence-corrected chi connectivity index (χ4v) is 3.11. The van der Waals surface area contributed by atoms with Gasteiger partial charge in [-0.3, -0.25) is 0 Å². The molecule has 1 saturated heterocycles. The third-order valence-electron chi connectivity index (χ3n) is 3.99. The van der Waals surface area contributed by atoms with Crippen molar-refractivity contribution < 1.29 is 9.13 Å². The van der Waals surface area contributed by atoms with Crippen LogP contribution in [0.5, 0.6) is 0 Å². The molecule has 1 heterocycles. The SMILES string of the molecule is N#Cc1c(F)cccc1NCc1ccc(Br)cc1N1CCOCC1. The van der Waals surface area contributed by atoms with Crippen LogP contribution in [0, 0.1) is 17.1 Å². The fraction of sp³-hybridized carbons (Fsp3) is 0.278. The van der Waals surface area contributed by atoms with E-state index in [1.54, 1.807) is 12.1 Å². The molecule has 4 nitrogen and oxygen atoms in total. The van der Waals surface area contributed by atoms with Gasteiger partial charge in [-0.1, -0.05) is 28.1 Å². The molecule has 0 amide bonds. The summed E-state index contributed by atoms with van der Waals surface area (Å²) < 4.78 is 20.1. The Bertz CT molecular complexity index is 769. The molecule has 0 saturated carbocycles. The molecule has 0 aromatic heterocycles. The maximum Gasteiger partial charge on any atom is 0.143 e. The van der Waals surface area contributed by atoms with Crippen molar-refractivity contribution in [2.75, 3.05) is 36.5 Å². The zero-order valence-electron chi connectivity index (χ0n) is 13.1. The van der Waals surface area contributed by atoms with Crippen LogP contribution in [-0.2, 0) is 11.3 Å². The van der Waals surface area contributed by atoms with E-state index < -0.39 is 5.82 Å². The Morgan fingerprint density at radius 3 is 2.79 bits per heavy atom. The van der Waals surface area contributed by atoms with Gasteiger partial charge in [-0.05, 0) is 29.8 Å². The van der Waals surface area contributed by atoms with Crippen molar-refractivity contribution >= 4 is 27.3 Å². The summed E-state index contributed by atoms with van der Waals surface area (Å²) in [4.78, 5) is 2.28. The molecule has 0 unspecified atom stereocenters. The summed E-state index contributed by atoms with van der Waals surface area (Å²) in [7, 11) is 0. The van der Waals surface area contributed by atoms with Crippen molar-refractivity contribution in [3.63, 3.8) is 0 Å². The standard InChI is InChI=1S/C18H17BrFN3O/c19-14-5-4-13(18(10-14)23-6-8-24-9-7-23)12-22-17-3-1-2-16(20)15(17)11-21/h1-5,10,22H,6-9,12H2. The Morgan fingerprint density at radius 1 is 1.25 bits per heavy atom. The zero-order chi connectivity index (χ0) is 16.9. The summed E-state index contributed by atoms with van der Waals surface area (Å²) in [5, 5.41) is 12.3. The molecule has 0 atom stereocenters. The predicted octanol–water partition coefficient (Wildman–Crippen LogP) is 3.91. The highest BCUT2D eigenvalue weighted by Crippen LogP contribution is 2.27. The highest BCUT2D eigenvalue weighted by atomic mass is 79.9. The van der Waals surface area contributed by atoms with Crippen LogP contribution in [0.4, 0.5) is 15.8 Å². The Hall–Kier alpha value is -2.10. The third kappa shape index (κ3) is 3.69. The van der Waals surface area contributed by atoms with Crippen LogP contribution in [0.2, 0.25) is 0 Å². The number of rotatable bonds is 4. The zero-order valence-corrected chi connectivity index (χ0v) is 14.6. The van der Waals surface area contributed by atoms with Gasteiger partial charge in [0.2, 0.25) is 0 Å². The number of ether oxygens (including phenoxy) is 1. The Labute approximate surface area is 149 Å². The number of hydrogen-bond acceptors (Lipinski definition) is 4. The highest BCUT2D eigenvalue weighted by Gasteiger charge is 2.16. The lowest BCUT2D eigenvalue weighted by Gasteiger charge is -2.31. The normalized spacial score (nSPS) is 14.3. The minimum absolute atomic E-state index is 0.0440. The van der Waals surface area contributed by atoms with E-state index in [1.165, 1.54) is 6.07 Å². The molecule has 0 bridgehead atoms. The Kier molecular flexibility index (Phi) is 5.34. The number of nitrogens with one attached hydrogen (secondary N) is 1. The summed E-state index contributed by atoms with van der Waals surface area (Å²) >= 11 is 3.52. The number of hydrogen-bond donors (Lipinski definition) is 1. The van der Waals surface area contributed by atoms with Gasteiger partial charge in [0, 0.05) is 29.8 Å². The van der Waals surface area contributed by atoms with Crippen LogP contribution in [0.3, 0.4) is 0 Å². The number of halogens is 2. The van der Waals surface area contributed by atoms with E-state index >= 15 is 0 Å². The van der Waals surface area contributed by atoms with Crippen LogP contribution in [0.15, 0.2) is 40.9 Å². The van der Waals surface area contributed by atoms with Crippen LogP contribution >= 0.6 is 15.9 Å². The largest absolute Gasteiger partial charge is 0.380 e. The first-order valence-corrected chi connectivity index (χ1v) is 8.52. The van der Waals surface area contributed by atoms with Crippen LogP contribution in [0.1, 0.15) is 11.1 Å². The molecule has 1 N–H and O–H groups in total. The molecular formula is C18H17BrFN3O. The van der Waals surface area contributed by atoms with Crippen LogP contribution in [-0.4, -0.2) is 26.3 Å². The maximum atomic E-state index is 13.7. The minimum atomic E-state index is -0.508. The van der Waals surface area contributed by atoms with Gasteiger partial charge in [0.1, 0.15) is 17.4 Å². The first-order chi connectivity index (χ1) is 11.7. The molecule has 1 aliphatic heterocycles. The lowest BCUT2D eigenvalue weighted by Crippen LogP contribution is -2.36. The molecule has 24 heavy (non-hydrogen) atoms. The topological polar surface area (TPSA) is 48.3 Å². The highest BCUT2D eigenvalue weighted by molar-refractivity contribution is 9.10. The fourth-order valence-electron chi connectivity index (χ4n) is 2.76. The van der Waals surface area contributed by atoms with E-state index in [9.17, 15) is 4.39 Å². The molecule has 0 spiro atoms. The monoisotopic (exact) mass is 389 g/mol. The van der Waals surface area contributed by atoms with Crippen molar-refractivity contribution in [1.29, 1.82) is 5.26 Å². The summed E-state index contributed by atoms with van der Waals surface area (Å²) in [6.07, 6.45) is 0. The van der Waals surface area contributed by atoms with E-state index in [0.29, 0.717) is 25.4 Å². The van der Waals surface area contributed by atoms with E-state index in [-0.39, 0.29) is 5.56 Å². The quantitative estimate of drug-likeness (QED) is 0.860. The first-order valence-electron chi connectivity index (χ1n) is 7.72. The molecule has 0 aliphatic carbocycles. The van der Waals surface area contributed by atoms with Gasteiger partial charge in [-0.2, -0.15) is 5.26 Å². The van der Waals surface area contributed by atoms with Gasteiger partial charge in [-0.25, -0.2) is 4.39 Å².